The summed E-state index contributed by atoms with van der Waals surface area (Å²) >= 11 is 5.98. The van der Waals surface area contributed by atoms with Crippen LogP contribution in [0.1, 0.15) is 10.4 Å². The molecule has 4 rings (SSSR count). The predicted octanol–water partition coefficient (Wildman–Crippen LogP) is 3.95. The van der Waals surface area contributed by atoms with E-state index < -0.39 is 5.91 Å². The number of nitrogens with zero attached hydrogens (tertiary/aromatic N) is 3. The van der Waals surface area contributed by atoms with Gasteiger partial charge in [0.15, 0.2) is 5.96 Å². The summed E-state index contributed by atoms with van der Waals surface area (Å²) in [7, 11) is 0. The van der Waals surface area contributed by atoms with Gasteiger partial charge in [-0.2, -0.15) is 4.99 Å². The van der Waals surface area contributed by atoms with E-state index >= 15 is 0 Å². The fourth-order valence-electron chi connectivity index (χ4n) is 3.89. The van der Waals surface area contributed by atoms with Gasteiger partial charge >= 0.3 is 0 Å². The van der Waals surface area contributed by atoms with E-state index in [1.165, 1.54) is 5.69 Å². The van der Waals surface area contributed by atoms with Crippen LogP contribution in [0.2, 0.25) is 5.02 Å². The maximum atomic E-state index is 12.2. The number of guanidine groups is 1. The third-order valence-corrected chi connectivity index (χ3v) is 5.81. The molecular formula is C24H28Cl3N5O2. The highest BCUT2D eigenvalue weighted by molar-refractivity contribution is 6.30. The number of hydrogen-bond acceptors (Lipinski definition) is 4. The molecule has 0 saturated carbocycles. The van der Waals surface area contributed by atoms with Crippen molar-refractivity contribution < 1.29 is 9.53 Å². The largest absolute Gasteiger partial charge is 0.492 e. The molecule has 10 heteroatoms. The van der Waals surface area contributed by atoms with Crippen molar-refractivity contribution in [3.05, 3.63) is 71.2 Å². The lowest BCUT2D eigenvalue weighted by Crippen LogP contribution is -2.47. The van der Waals surface area contributed by atoms with Crippen LogP contribution in [-0.4, -0.2) is 56.1 Å². The molecule has 7 nitrogen and oxygen atoms in total. The highest BCUT2D eigenvalue weighted by atomic mass is 35.5. The first-order chi connectivity index (χ1) is 15.5. The summed E-state index contributed by atoms with van der Waals surface area (Å²) < 4.78 is 5.98. The lowest BCUT2D eigenvalue weighted by atomic mass is 10.0. The molecule has 0 spiro atoms. The fourth-order valence-corrected chi connectivity index (χ4v) is 4.02. The number of amides is 1. The standard InChI is InChI=1S/C24H26ClN5O2.2ClH/c25-18-4-6-19(7-5-18)30-12-10-29(11-13-30)14-15-32-20-8-9-21-17(16-20)2-1-3-22(21)23(31)28-24(26)27;;/h1-9,16H,10-15H2,(H4,26,27,28,31);2*1H. The van der Waals surface area contributed by atoms with Gasteiger partial charge in [0.25, 0.3) is 5.91 Å². The van der Waals surface area contributed by atoms with Gasteiger partial charge in [0.1, 0.15) is 12.4 Å². The summed E-state index contributed by atoms with van der Waals surface area (Å²) in [6, 6.07) is 19.1. The van der Waals surface area contributed by atoms with Crippen LogP contribution in [0.4, 0.5) is 5.69 Å². The number of ether oxygens (including phenoxy) is 1. The minimum atomic E-state index is -0.456. The van der Waals surface area contributed by atoms with Gasteiger partial charge in [0.05, 0.1) is 0 Å². The van der Waals surface area contributed by atoms with E-state index in [9.17, 15) is 4.79 Å². The number of carbonyl (C=O) groups excluding carboxylic acids is 1. The molecular weight excluding hydrogens is 497 g/mol. The number of halogens is 3. The maximum absolute atomic E-state index is 12.2. The maximum Gasteiger partial charge on any atom is 0.280 e. The smallest absolute Gasteiger partial charge is 0.280 e. The van der Waals surface area contributed by atoms with Crippen molar-refractivity contribution in [2.75, 3.05) is 44.2 Å². The van der Waals surface area contributed by atoms with Crippen LogP contribution in [0, 0.1) is 0 Å². The second-order valence-electron chi connectivity index (χ2n) is 7.68. The van der Waals surface area contributed by atoms with Crippen molar-refractivity contribution in [2.45, 2.75) is 0 Å². The molecule has 3 aromatic rings. The highest BCUT2D eigenvalue weighted by Gasteiger charge is 2.17. The van der Waals surface area contributed by atoms with Crippen LogP contribution in [0.3, 0.4) is 0 Å². The summed E-state index contributed by atoms with van der Waals surface area (Å²) in [6.07, 6.45) is 0. The van der Waals surface area contributed by atoms with E-state index in [1.54, 1.807) is 6.07 Å². The van der Waals surface area contributed by atoms with Crippen molar-refractivity contribution >= 4 is 64.7 Å². The Hall–Kier alpha value is -2.71. The van der Waals surface area contributed by atoms with E-state index in [0.717, 1.165) is 54.3 Å². The van der Waals surface area contributed by atoms with E-state index in [4.69, 9.17) is 27.8 Å². The van der Waals surface area contributed by atoms with Gasteiger partial charge in [-0.1, -0.05) is 23.7 Å². The summed E-state index contributed by atoms with van der Waals surface area (Å²) in [5.41, 5.74) is 12.3. The van der Waals surface area contributed by atoms with Crippen LogP contribution < -0.4 is 21.1 Å². The van der Waals surface area contributed by atoms with E-state index in [-0.39, 0.29) is 30.8 Å². The minimum absolute atomic E-state index is 0. The van der Waals surface area contributed by atoms with Gasteiger partial charge in [0, 0.05) is 49.0 Å². The highest BCUT2D eigenvalue weighted by Crippen LogP contribution is 2.25. The Balaban J connectivity index is 0.00000204. The number of fused-ring (bicyclic) bond motifs is 1. The van der Waals surface area contributed by atoms with Gasteiger partial charge in [-0.15, -0.1) is 24.8 Å². The van der Waals surface area contributed by atoms with Gasteiger partial charge < -0.3 is 21.1 Å². The number of aliphatic imine (C=N–C) groups is 1. The first kappa shape index (κ1) is 27.5. The van der Waals surface area contributed by atoms with Gasteiger partial charge in [-0.05, 0) is 59.3 Å². The number of anilines is 1. The number of carbonyl (C=O) groups is 1. The number of benzene rings is 3. The third kappa shape index (κ3) is 6.90. The van der Waals surface area contributed by atoms with Crippen molar-refractivity contribution in [3.8, 4) is 5.75 Å². The van der Waals surface area contributed by atoms with Gasteiger partial charge in [-0.3, -0.25) is 9.69 Å². The molecule has 4 N–H and O–H groups in total. The molecule has 0 aliphatic carbocycles. The Bertz CT molecular complexity index is 1130. The third-order valence-electron chi connectivity index (χ3n) is 5.55. The summed E-state index contributed by atoms with van der Waals surface area (Å²) in [4.78, 5) is 20.6. The van der Waals surface area contributed by atoms with Crippen LogP contribution in [0.15, 0.2) is 65.7 Å². The van der Waals surface area contributed by atoms with Gasteiger partial charge in [-0.25, -0.2) is 0 Å². The molecule has 3 aromatic carbocycles. The molecule has 0 unspecified atom stereocenters. The quantitative estimate of drug-likeness (QED) is 0.374. The zero-order valence-corrected chi connectivity index (χ0v) is 20.9. The Kier molecular flexibility index (Phi) is 10.3. The summed E-state index contributed by atoms with van der Waals surface area (Å²) in [5.74, 6) is 0.0618. The lowest BCUT2D eigenvalue weighted by Gasteiger charge is -2.36. The van der Waals surface area contributed by atoms with Gasteiger partial charge in [0.2, 0.25) is 0 Å². The Morgan fingerprint density at radius 1 is 0.971 bits per heavy atom. The molecule has 0 radical (unpaired) electrons. The van der Waals surface area contributed by atoms with Crippen LogP contribution >= 0.6 is 36.4 Å². The molecule has 34 heavy (non-hydrogen) atoms. The molecule has 1 aliphatic heterocycles. The van der Waals surface area contributed by atoms with E-state index in [2.05, 4.69) is 26.9 Å². The van der Waals surface area contributed by atoms with Crippen molar-refractivity contribution in [3.63, 3.8) is 0 Å². The molecule has 182 valence electrons. The van der Waals surface area contributed by atoms with Crippen LogP contribution in [0.5, 0.6) is 5.75 Å². The van der Waals surface area contributed by atoms with Crippen LogP contribution in [0.25, 0.3) is 10.8 Å². The lowest BCUT2D eigenvalue weighted by molar-refractivity contribution is 0.100. The number of nitrogens with two attached hydrogens (primary N) is 2. The molecule has 0 aromatic heterocycles. The van der Waals surface area contributed by atoms with Crippen molar-refractivity contribution in [1.82, 2.24) is 4.90 Å². The molecule has 1 aliphatic rings. The summed E-state index contributed by atoms with van der Waals surface area (Å²) in [5, 5.41) is 2.44. The number of piperazine rings is 1. The first-order valence-electron chi connectivity index (χ1n) is 10.5. The average molecular weight is 525 g/mol. The number of rotatable bonds is 6. The topological polar surface area (TPSA) is 97.2 Å². The Morgan fingerprint density at radius 3 is 2.35 bits per heavy atom. The van der Waals surface area contributed by atoms with E-state index in [0.29, 0.717) is 12.2 Å². The SMILES string of the molecule is Cl.Cl.NC(N)=NC(=O)c1cccc2cc(OCCN3CCN(c4ccc(Cl)cc4)CC3)ccc12. The Labute approximate surface area is 216 Å². The molecule has 0 bridgehead atoms. The fraction of sp³-hybridized carbons (Fsp3) is 0.250. The second-order valence-corrected chi connectivity index (χ2v) is 8.12. The zero-order chi connectivity index (χ0) is 22.5. The normalized spacial score (nSPS) is 13.5. The average Bonchev–Trinajstić information content (AvgIpc) is 2.79. The van der Waals surface area contributed by atoms with Crippen molar-refractivity contribution in [1.29, 1.82) is 0 Å². The number of hydrogen-bond donors (Lipinski definition) is 2. The first-order valence-corrected chi connectivity index (χ1v) is 10.9. The molecule has 0 atom stereocenters. The minimum Gasteiger partial charge on any atom is -0.492 e. The summed E-state index contributed by atoms with van der Waals surface area (Å²) in [6.45, 7) is 5.38. The second kappa shape index (κ2) is 12.7. The monoisotopic (exact) mass is 523 g/mol. The van der Waals surface area contributed by atoms with E-state index in [1.807, 2.05) is 42.5 Å². The van der Waals surface area contributed by atoms with Crippen molar-refractivity contribution in [2.24, 2.45) is 16.5 Å². The molecule has 1 fully saturated rings. The van der Waals surface area contributed by atoms with Crippen LogP contribution in [-0.2, 0) is 0 Å². The zero-order valence-electron chi connectivity index (χ0n) is 18.5. The molecule has 1 saturated heterocycles. The molecule has 1 amide bonds. The predicted molar refractivity (Wildman–Crippen MR) is 144 cm³/mol. The Morgan fingerprint density at radius 2 is 1.68 bits per heavy atom. The molecule has 1 heterocycles.